The predicted octanol–water partition coefficient (Wildman–Crippen LogP) is 4.44. The molecule has 0 radical (unpaired) electrons. The van der Waals surface area contributed by atoms with Gasteiger partial charge >= 0.3 is 0 Å². The van der Waals surface area contributed by atoms with Crippen molar-refractivity contribution in [3.05, 3.63) is 77.7 Å². The van der Waals surface area contributed by atoms with Crippen molar-refractivity contribution in [3.63, 3.8) is 0 Å². The van der Waals surface area contributed by atoms with Crippen molar-refractivity contribution in [2.75, 3.05) is 13.7 Å². The molecule has 7 nitrogen and oxygen atoms in total. The molecule has 3 rings (SSSR count). The van der Waals surface area contributed by atoms with E-state index in [4.69, 9.17) is 20.9 Å². The molecule has 3 aromatic rings. The molecule has 0 aliphatic heterocycles. The van der Waals surface area contributed by atoms with E-state index in [0.717, 1.165) is 16.9 Å². The molecule has 0 spiro atoms. The molecule has 0 atom stereocenters. The van der Waals surface area contributed by atoms with Crippen molar-refractivity contribution in [2.45, 2.75) is 13.1 Å². The molecule has 2 N–H and O–H groups in total. The van der Waals surface area contributed by atoms with Crippen LogP contribution in [0.25, 0.3) is 11.4 Å². The molecular formula is C21H23ClIN5O2. The summed E-state index contributed by atoms with van der Waals surface area (Å²) in [5.41, 5.74) is 1.85. The summed E-state index contributed by atoms with van der Waals surface area (Å²) in [5, 5.41) is 11.1. The van der Waals surface area contributed by atoms with Crippen LogP contribution < -0.4 is 15.4 Å². The fraction of sp³-hybridized carbons (Fsp3) is 0.190. The Morgan fingerprint density at radius 3 is 2.63 bits per heavy atom. The van der Waals surface area contributed by atoms with E-state index in [9.17, 15) is 0 Å². The first kappa shape index (κ1) is 23.7. The standard InChI is InChI=1S/C21H22ClN5O2.HI/c1-3-12-28-18-7-5-4-6-16(18)13-24-21(23-2)25-14-19-26-20(27-29-19)15-8-10-17(22)11-9-15;/h3-11H,1,12-14H2,2H3,(H2,23,24,25);1H. The number of hydrogen-bond acceptors (Lipinski definition) is 5. The zero-order chi connectivity index (χ0) is 20.5. The van der Waals surface area contributed by atoms with Crippen molar-refractivity contribution in [3.8, 4) is 17.1 Å². The number of benzene rings is 2. The number of halogens is 2. The Bertz CT molecular complexity index is 976. The quantitative estimate of drug-likeness (QED) is 0.191. The number of hydrogen-bond donors (Lipinski definition) is 2. The highest BCUT2D eigenvalue weighted by atomic mass is 127. The summed E-state index contributed by atoms with van der Waals surface area (Å²) in [6.45, 7) is 5.02. The maximum absolute atomic E-state index is 5.91. The minimum absolute atomic E-state index is 0. The van der Waals surface area contributed by atoms with Crippen LogP contribution in [0.1, 0.15) is 11.5 Å². The number of aromatic nitrogens is 2. The summed E-state index contributed by atoms with van der Waals surface area (Å²) in [6.07, 6.45) is 1.72. The zero-order valence-electron chi connectivity index (χ0n) is 16.5. The number of rotatable bonds is 8. The van der Waals surface area contributed by atoms with E-state index in [-0.39, 0.29) is 24.0 Å². The van der Waals surface area contributed by atoms with E-state index in [1.54, 1.807) is 25.3 Å². The maximum atomic E-state index is 5.91. The van der Waals surface area contributed by atoms with Crippen LogP contribution in [0.3, 0.4) is 0 Å². The van der Waals surface area contributed by atoms with Crippen molar-refractivity contribution >= 4 is 41.5 Å². The lowest BCUT2D eigenvalue weighted by Crippen LogP contribution is -2.36. The van der Waals surface area contributed by atoms with Crippen LogP contribution in [0.5, 0.6) is 5.75 Å². The van der Waals surface area contributed by atoms with Crippen LogP contribution >= 0.6 is 35.6 Å². The molecule has 0 aliphatic carbocycles. The van der Waals surface area contributed by atoms with Gasteiger partial charge in [0.1, 0.15) is 12.4 Å². The van der Waals surface area contributed by atoms with E-state index in [1.807, 2.05) is 36.4 Å². The van der Waals surface area contributed by atoms with Crippen LogP contribution in [0, 0.1) is 0 Å². The van der Waals surface area contributed by atoms with Gasteiger partial charge in [-0.25, -0.2) is 0 Å². The molecule has 158 valence electrons. The Morgan fingerprint density at radius 2 is 1.90 bits per heavy atom. The average Bonchev–Trinajstić information content (AvgIpc) is 3.22. The Kier molecular flexibility index (Phi) is 9.62. The van der Waals surface area contributed by atoms with Gasteiger partial charge < -0.3 is 19.9 Å². The van der Waals surface area contributed by atoms with Gasteiger partial charge in [0.05, 0.1) is 6.54 Å². The predicted molar refractivity (Wildman–Crippen MR) is 129 cm³/mol. The summed E-state index contributed by atoms with van der Waals surface area (Å²) < 4.78 is 11.0. The molecule has 0 fully saturated rings. The van der Waals surface area contributed by atoms with E-state index >= 15 is 0 Å². The van der Waals surface area contributed by atoms with E-state index in [1.165, 1.54) is 0 Å². The van der Waals surface area contributed by atoms with E-state index < -0.39 is 0 Å². The van der Waals surface area contributed by atoms with Gasteiger partial charge in [0, 0.05) is 29.7 Å². The third kappa shape index (κ3) is 6.74. The molecule has 0 aliphatic rings. The average molecular weight is 540 g/mol. The number of ether oxygens (including phenoxy) is 1. The summed E-state index contributed by atoms with van der Waals surface area (Å²) in [4.78, 5) is 8.60. The first-order valence-electron chi connectivity index (χ1n) is 9.04. The first-order chi connectivity index (χ1) is 14.2. The summed E-state index contributed by atoms with van der Waals surface area (Å²) in [6, 6.07) is 15.1. The largest absolute Gasteiger partial charge is 0.489 e. The smallest absolute Gasteiger partial charge is 0.246 e. The van der Waals surface area contributed by atoms with Crippen molar-refractivity contribution < 1.29 is 9.26 Å². The molecule has 1 heterocycles. The minimum Gasteiger partial charge on any atom is -0.489 e. The second kappa shape index (κ2) is 12.2. The van der Waals surface area contributed by atoms with Gasteiger partial charge in [-0.05, 0) is 30.3 Å². The summed E-state index contributed by atoms with van der Waals surface area (Å²) >= 11 is 5.91. The maximum Gasteiger partial charge on any atom is 0.246 e. The van der Waals surface area contributed by atoms with Gasteiger partial charge in [0.2, 0.25) is 11.7 Å². The third-order valence-corrected chi connectivity index (χ3v) is 4.23. The molecule has 0 saturated carbocycles. The van der Waals surface area contributed by atoms with Crippen LogP contribution in [0.15, 0.2) is 70.7 Å². The zero-order valence-corrected chi connectivity index (χ0v) is 19.6. The van der Waals surface area contributed by atoms with Crippen molar-refractivity contribution in [1.29, 1.82) is 0 Å². The fourth-order valence-electron chi connectivity index (χ4n) is 2.54. The molecule has 1 aromatic heterocycles. The van der Waals surface area contributed by atoms with E-state index in [0.29, 0.717) is 42.4 Å². The Balaban J connectivity index is 0.00000320. The van der Waals surface area contributed by atoms with Crippen LogP contribution in [-0.4, -0.2) is 29.8 Å². The van der Waals surface area contributed by atoms with Crippen LogP contribution in [0.4, 0.5) is 0 Å². The second-order valence-electron chi connectivity index (χ2n) is 6.01. The molecule has 0 bridgehead atoms. The number of para-hydroxylation sites is 1. The molecule has 30 heavy (non-hydrogen) atoms. The van der Waals surface area contributed by atoms with Gasteiger partial charge in [-0.3, -0.25) is 4.99 Å². The highest BCUT2D eigenvalue weighted by Crippen LogP contribution is 2.19. The molecule has 2 aromatic carbocycles. The molecular weight excluding hydrogens is 517 g/mol. The molecule has 9 heteroatoms. The second-order valence-corrected chi connectivity index (χ2v) is 6.44. The molecule has 0 amide bonds. The molecule has 0 saturated heterocycles. The van der Waals surface area contributed by atoms with Crippen LogP contribution in [0.2, 0.25) is 5.02 Å². The van der Waals surface area contributed by atoms with Gasteiger partial charge in [0.25, 0.3) is 0 Å². The lowest BCUT2D eigenvalue weighted by Gasteiger charge is -2.13. The Morgan fingerprint density at radius 1 is 1.17 bits per heavy atom. The Labute approximate surface area is 197 Å². The van der Waals surface area contributed by atoms with Crippen LogP contribution in [-0.2, 0) is 13.1 Å². The first-order valence-corrected chi connectivity index (χ1v) is 9.42. The summed E-state index contributed by atoms with van der Waals surface area (Å²) in [7, 11) is 1.70. The third-order valence-electron chi connectivity index (χ3n) is 3.98. The number of guanidine groups is 1. The van der Waals surface area contributed by atoms with Gasteiger partial charge in [-0.1, -0.05) is 47.6 Å². The molecule has 0 unspecified atom stereocenters. The highest BCUT2D eigenvalue weighted by molar-refractivity contribution is 14.0. The lowest BCUT2D eigenvalue weighted by atomic mass is 10.2. The lowest BCUT2D eigenvalue weighted by molar-refractivity contribution is 0.358. The normalized spacial score (nSPS) is 10.8. The van der Waals surface area contributed by atoms with Crippen molar-refractivity contribution in [1.82, 2.24) is 20.8 Å². The number of nitrogens with one attached hydrogen (secondary N) is 2. The van der Waals surface area contributed by atoms with Crippen molar-refractivity contribution in [2.24, 2.45) is 4.99 Å². The van der Waals surface area contributed by atoms with Gasteiger partial charge in [0.15, 0.2) is 5.96 Å². The monoisotopic (exact) mass is 539 g/mol. The minimum atomic E-state index is 0. The van der Waals surface area contributed by atoms with Gasteiger partial charge in [-0.2, -0.15) is 4.98 Å². The van der Waals surface area contributed by atoms with E-state index in [2.05, 4.69) is 32.3 Å². The topological polar surface area (TPSA) is 84.6 Å². The number of aliphatic imine (C=N–C) groups is 1. The summed E-state index contributed by atoms with van der Waals surface area (Å²) in [5.74, 6) is 2.37. The fourth-order valence-corrected chi connectivity index (χ4v) is 2.67. The van der Waals surface area contributed by atoms with Gasteiger partial charge in [-0.15, -0.1) is 24.0 Å². The highest BCUT2D eigenvalue weighted by Gasteiger charge is 2.10. The SMILES string of the molecule is C=CCOc1ccccc1CNC(=NC)NCc1nc(-c2ccc(Cl)cc2)no1.I. The Hall–Kier alpha value is -2.59. The number of nitrogens with zero attached hydrogens (tertiary/aromatic N) is 3.